The number of hydrogen-bond donors (Lipinski definition) is 2. The second kappa shape index (κ2) is 10.6. The van der Waals surface area contributed by atoms with E-state index in [0.717, 1.165) is 31.9 Å². The highest BCUT2D eigenvalue weighted by Gasteiger charge is 2.24. The van der Waals surface area contributed by atoms with Crippen LogP contribution in [0.5, 0.6) is 0 Å². The van der Waals surface area contributed by atoms with Gasteiger partial charge in [-0.15, -0.1) is 24.0 Å². The van der Waals surface area contributed by atoms with Crippen molar-refractivity contribution < 1.29 is 8.42 Å². The standard InChI is InChI=1S/C15H26N4O2S2.HI/c1-3-16-15(18-11-14-6-9-22-12-14)17-10-13-4-7-19(8-5-13)23(2,20)21;/h6,9,12-13H,3-5,7-8,10-11H2,1-2H3,(H2,16,17,18);1H. The van der Waals surface area contributed by atoms with Gasteiger partial charge in [0.25, 0.3) is 0 Å². The minimum absolute atomic E-state index is 0. The van der Waals surface area contributed by atoms with Crippen molar-refractivity contribution in [1.82, 2.24) is 14.9 Å². The van der Waals surface area contributed by atoms with Crippen LogP contribution in [0.1, 0.15) is 25.3 Å². The van der Waals surface area contributed by atoms with Crippen LogP contribution in [0, 0.1) is 5.92 Å². The fourth-order valence-electron chi connectivity index (χ4n) is 2.58. The molecule has 0 saturated carbocycles. The number of rotatable bonds is 6. The Labute approximate surface area is 166 Å². The zero-order valence-corrected chi connectivity index (χ0v) is 18.2. The number of nitrogens with zero attached hydrogens (tertiary/aromatic N) is 2. The predicted octanol–water partition coefficient (Wildman–Crippen LogP) is 2.09. The van der Waals surface area contributed by atoms with E-state index in [9.17, 15) is 8.42 Å². The summed E-state index contributed by atoms with van der Waals surface area (Å²) in [6.45, 7) is 5.61. The van der Waals surface area contributed by atoms with Crippen molar-refractivity contribution in [3.63, 3.8) is 0 Å². The van der Waals surface area contributed by atoms with Gasteiger partial charge in [-0.3, -0.25) is 0 Å². The Balaban J connectivity index is 0.00000288. The van der Waals surface area contributed by atoms with Gasteiger partial charge in [-0.2, -0.15) is 11.3 Å². The number of sulfonamides is 1. The van der Waals surface area contributed by atoms with Crippen LogP contribution >= 0.6 is 35.3 Å². The molecule has 2 heterocycles. The number of piperidine rings is 1. The van der Waals surface area contributed by atoms with Gasteiger partial charge in [0.1, 0.15) is 0 Å². The Morgan fingerprint density at radius 1 is 1.38 bits per heavy atom. The first-order valence-electron chi connectivity index (χ1n) is 7.97. The molecule has 0 aromatic carbocycles. The lowest BCUT2D eigenvalue weighted by Crippen LogP contribution is -2.44. The molecule has 1 aliphatic rings. The number of halogens is 1. The third-order valence-corrected chi connectivity index (χ3v) is 5.98. The van der Waals surface area contributed by atoms with Gasteiger partial charge in [0, 0.05) is 26.2 Å². The Morgan fingerprint density at radius 2 is 2.08 bits per heavy atom. The maximum Gasteiger partial charge on any atom is 0.211 e. The normalized spacial score (nSPS) is 17.3. The van der Waals surface area contributed by atoms with Gasteiger partial charge in [0.2, 0.25) is 10.0 Å². The summed E-state index contributed by atoms with van der Waals surface area (Å²) in [7, 11) is -3.05. The van der Waals surface area contributed by atoms with Crippen LogP contribution in [0.15, 0.2) is 21.8 Å². The second-order valence-corrected chi connectivity index (χ2v) is 8.58. The molecule has 6 nitrogen and oxygen atoms in total. The molecule has 1 aliphatic heterocycles. The van der Waals surface area contributed by atoms with Crippen molar-refractivity contribution in [3.05, 3.63) is 22.4 Å². The van der Waals surface area contributed by atoms with Gasteiger partial charge in [0.15, 0.2) is 5.96 Å². The first-order valence-corrected chi connectivity index (χ1v) is 10.8. The Kier molecular flexibility index (Phi) is 9.53. The maximum atomic E-state index is 11.5. The maximum absolute atomic E-state index is 11.5. The van der Waals surface area contributed by atoms with Crippen LogP contribution < -0.4 is 10.6 Å². The van der Waals surface area contributed by atoms with Crippen LogP contribution in [0.2, 0.25) is 0 Å². The molecule has 24 heavy (non-hydrogen) atoms. The summed E-state index contributed by atoms with van der Waals surface area (Å²) < 4.78 is 24.6. The molecular weight excluding hydrogens is 459 g/mol. The fraction of sp³-hybridized carbons (Fsp3) is 0.667. The third-order valence-electron chi connectivity index (χ3n) is 3.94. The van der Waals surface area contributed by atoms with Crippen LogP contribution in [0.4, 0.5) is 0 Å². The van der Waals surface area contributed by atoms with E-state index < -0.39 is 10.0 Å². The Bertz CT molecular complexity index is 597. The summed E-state index contributed by atoms with van der Waals surface area (Å²) in [5.74, 6) is 1.31. The molecule has 1 saturated heterocycles. The molecule has 2 rings (SSSR count). The summed E-state index contributed by atoms with van der Waals surface area (Å²) in [4.78, 5) is 4.59. The van der Waals surface area contributed by atoms with E-state index in [0.29, 0.717) is 25.6 Å². The smallest absolute Gasteiger partial charge is 0.211 e. The summed E-state index contributed by atoms with van der Waals surface area (Å²) in [6, 6.07) is 2.08. The van der Waals surface area contributed by atoms with Crippen molar-refractivity contribution >= 4 is 51.3 Å². The first kappa shape index (κ1) is 21.7. The highest BCUT2D eigenvalue weighted by molar-refractivity contribution is 14.0. The average molecular weight is 486 g/mol. The van der Waals surface area contributed by atoms with Gasteiger partial charge in [-0.25, -0.2) is 17.7 Å². The SMILES string of the molecule is CCNC(=NCc1ccsc1)NCC1CCN(S(C)(=O)=O)CC1.I. The zero-order chi connectivity index (χ0) is 16.7. The number of guanidine groups is 1. The van der Waals surface area contributed by atoms with Crippen molar-refractivity contribution in [1.29, 1.82) is 0 Å². The van der Waals surface area contributed by atoms with E-state index in [2.05, 4.69) is 32.5 Å². The number of nitrogens with one attached hydrogen (secondary N) is 2. The summed E-state index contributed by atoms with van der Waals surface area (Å²) in [5, 5.41) is 10.8. The van der Waals surface area contributed by atoms with E-state index in [1.165, 1.54) is 11.8 Å². The van der Waals surface area contributed by atoms with Crippen molar-refractivity contribution in [2.45, 2.75) is 26.3 Å². The molecule has 138 valence electrons. The summed E-state index contributed by atoms with van der Waals surface area (Å²) >= 11 is 1.68. The topological polar surface area (TPSA) is 73.8 Å². The van der Waals surface area contributed by atoms with E-state index in [4.69, 9.17) is 0 Å². The van der Waals surface area contributed by atoms with Gasteiger partial charge in [-0.1, -0.05) is 0 Å². The van der Waals surface area contributed by atoms with Gasteiger partial charge in [-0.05, 0) is 48.1 Å². The van der Waals surface area contributed by atoms with E-state index >= 15 is 0 Å². The van der Waals surface area contributed by atoms with Crippen LogP contribution in [-0.4, -0.2) is 51.1 Å². The van der Waals surface area contributed by atoms with Crippen LogP contribution in [-0.2, 0) is 16.6 Å². The highest BCUT2D eigenvalue weighted by atomic mass is 127. The molecule has 0 bridgehead atoms. The predicted molar refractivity (Wildman–Crippen MR) is 112 cm³/mol. The quantitative estimate of drug-likeness (QED) is 0.367. The van der Waals surface area contributed by atoms with E-state index in [1.807, 2.05) is 6.92 Å². The molecule has 1 aromatic heterocycles. The van der Waals surface area contributed by atoms with Crippen molar-refractivity contribution in [2.75, 3.05) is 32.4 Å². The minimum Gasteiger partial charge on any atom is -0.357 e. The molecule has 0 spiro atoms. The Hall–Kier alpha value is -0.390. The lowest BCUT2D eigenvalue weighted by molar-refractivity contribution is 0.275. The minimum atomic E-state index is -3.05. The Morgan fingerprint density at radius 3 is 2.62 bits per heavy atom. The molecule has 0 radical (unpaired) electrons. The number of thiophene rings is 1. The van der Waals surface area contributed by atoms with Crippen molar-refractivity contribution in [3.8, 4) is 0 Å². The summed E-state index contributed by atoms with van der Waals surface area (Å²) in [5.41, 5.74) is 1.22. The monoisotopic (exact) mass is 486 g/mol. The lowest BCUT2D eigenvalue weighted by atomic mass is 9.98. The third kappa shape index (κ3) is 7.24. The van der Waals surface area contributed by atoms with Crippen LogP contribution in [0.3, 0.4) is 0 Å². The lowest BCUT2D eigenvalue weighted by Gasteiger charge is -2.30. The van der Waals surface area contributed by atoms with E-state index in [1.54, 1.807) is 15.6 Å². The molecular formula is C15H27IN4O2S2. The molecule has 2 N–H and O–H groups in total. The first-order chi connectivity index (χ1) is 11.0. The van der Waals surface area contributed by atoms with Crippen LogP contribution in [0.25, 0.3) is 0 Å². The summed E-state index contributed by atoms with van der Waals surface area (Å²) in [6.07, 6.45) is 3.07. The highest BCUT2D eigenvalue weighted by Crippen LogP contribution is 2.18. The average Bonchev–Trinajstić information content (AvgIpc) is 3.03. The van der Waals surface area contributed by atoms with Gasteiger partial charge >= 0.3 is 0 Å². The molecule has 1 aromatic rings. The van der Waals surface area contributed by atoms with Crippen molar-refractivity contribution in [2.24, 2.45) is 10.9 Å². The molecule has 0 unspecified atom stereocenters. The molecule has 1 fully saturated rings. The largest absolute Gasteiger partial charge is 0.357 e. The second-order valence-electron chi connectivity index (χ2n) is 5.81. The number of aliphatic imine (C=N–C) groups is 1. The molecule has 0 amide bonds. The van der Waals surface area contributed by atoms with Gasteiger partial charge in [0.05, 0.1) is 12.8 Å². The molecule has 9 heteroatoms. The van der Waals surface area contributed by atoms with Gasteiger partial charge < -0.3 is 10.6 Å². The van der Waals surface area contributed by atoms with E-state index in [-0.39, 0.29) is 24.0 Å². The number of hydrogen-bond acceptors (Lipinski definition) is 4. The fourth-order valence-corrected chi connectivity index (χ4v) is 4.11. The zero-order valence-electron chi connectivity index (χ0n) is 14.2. The molecule has 0 atom stereocenters. The molecule has 0 aliphatic carbocycles.